The van der Waals surface area contributed by atoms with E-state index in [9.17, 15) is 0 Å². The molecule has 1 aromatic carbocycles. The van der Waals surface area contributed by atoms with Crippen LogP contribution in [-0.2, 0) is 0 Å². The van der Waals surface area contributed by atoms with Crippen molar-refractivity contribution in [3.05, 3.63) is 18.2 Å². The van der Waals surface area contributed by atoms with E-state index in [-0.39, 0.29) is 0 Å². The van der Waals surface area contributed by atoms with Crippen molar-refractivity contribution >= 4 is 27.3 Å². The fourth-order valence-electron chi connectivity index (χ4n) is 1.38. The highest BCUT2D eigenvalue weighted by molar-refractivity contribution is 7.80. The number of ether oxygens (including phenoxy) is 2. The second-order valence-electron chi connectivity index (χ2n) is 3.71. The second kappa shape index (κ2) is 6.86. The third kappa shape index (κ3) is 3.45. The Kier molecular flexibility index (Phi) is 5.77. The second-order valence-corrected chi connectivity index (χ2v) is 5.38. The molecule has 0 saturated carbocycles. The molecule has 2 nitrogen and oxygen atoms in total. The van der Waals surface area contributed by atoms with Crippen LogP contribution in [0.25, 0.3) is 0 Å². The predicted octanol–water partition coefficient (Wildman–Crippen LogP) is 2.02. The summed E-state index contributed by atoms with van der Waals surface area (Å²) in [6, 6.07) is 7.18. The third-order valence-electron chi connectivity index (χ3n) is 2.36. The first-order chi connectivity index (χ1) is 7.72. The minimum atomic E-state index is 0.637. The van der Waals surface area contributed by atoms with Crippen LogP contribution in [0.4, 0.5) is 0 Å². The van der Waals surface area contributed by atoms with Gasteiger partial charge in [0.1, 0.15) is 0 Å². The first-order valence-corrected chi connectivity index (χ1v) is 7.12. The molecule has 0 aliphatic heterocycles. The van der Waals surface area contributed by atoms with Crippen LogP contribution in [0.5, 0.6) is 11.5 Å². The summed E-state index contributed by atoms with van der Waals surface area (Å²) >= 11 is 4.30. The van der Waals surface area contributed by atoms with E-state index in [2.05, 4.69) is 25.6 Å². The highest BCUT2D eigenvalue weighted by Crippen LogP contribution is 2.23. The van der Waals surface area contributed by atoms with Crippen molar-refractivity contribution < 1.29 is 9.47 Å². The minimum Gasteiger partial charge on any atom is -0.493 e. The molecule has 1 unspecified atom stereocenters. The molecule has 0 amide bonds. The zero-order valence-electron chi connectivity index (χ0n) is 9.99. The SMILES string of the molecule is COc1cccc([Si]CC(C)CS)c1OC. The van der Waals surface area contributed by atoms with Gasteiger partial charge in [-0.15, -0.1) is 0 Å². The van der Waals surface area contributed by atoms with Gasteiger partial charge in [-0.25, -0.2) is 0 Å². The van der Waals surface area contributed by atoms with Gasteiger partial charge in [0.15, 0.2) is 11.5 Å². The average molecular weight is 254 g/mol. The molecule has 2 radical (unpaired) electrons. The lowest BCUT2D eigenvalue weighted by Crippen LogP contribution is -2.19. The van der Waals surface area contributed by atoms with Crippen LogP contribution < -0.4 is 14.7 Å². The molecule has 1 atom stereocenters. The van der Waals surface area contributed by atoms with Crippen LogP contribution in [0.2, 0.25) is 6.04 Å². The first kappa shape index (κ1) is 13.5. The van der Waals surface area contributed by atoms with Gasteiger partial charge in [0.2, 0.25) is 0 Å². The van der Waals surface area contributed by atoms with Crippen LogP contribution in [0, 0.1) is 5.92 Å². The molecule has 0 aromatic heterocycles. The summed E-state index contributed by atoms with van der Waals surface area (Å²) in [5, 5.41) is 1.23. The monoisotopic (exact) mass is 254 g/mol. The maximum atomic E-state index is 5.40. The van der Waals surface area contributed by atoms with Crippen LogP contribution in [0.15, 0.2) is 18.2 Å². The highest BCUT2D eigenvalue weighted by atomic mass is 32.1. The first-order valence-electron chi connectivity index (χ1n) is 5.28. The Morgan fingerprint density at radius 1 is 1.31 bits per heavy atom. The van der Waals surface area contributed by atoms with Crippen molar-refractivity contribution in [2.45, 2.75) is 13.0 Å². The number of benzene rings is 1. The van der Waals surface area contributed by atoms with Crippen LogP contribution in [-0.4, -0.2) is 29.5 Å². The van der Waals surface area contributed by atoms with Crippen molar-refractivity contribution in [3.63, 3.8) is 0 Å². The lowest BCUT2D eigenvalue weighted by molar-refractivity contribution is 0.357. The molecule has 1 aromatic rings. The normalized spacial score (nSPS) is 12.2. The van der Waals surface area contributed by atoms with Crippen molar-refractivity contribution in [3.8, 4) is 11.5 Å². The molecule has 0 aliphatic carbocycles. The van der Waals surface area contributed by atoms with Crippen LogP contribution >= 0.6 is 12.6 Å². The van der Waals surface area contributed by atoms with Gasteiger partial charge in [0, 0.05) is 0 Å². The summed E-state index contributed by atoms with van der Waals surface area (Å²) in [7, 11) is 4.10. The summed E-state index contributed by atoms with van der Waals surface area (Å²) in [5.41, 5.74) is 0. The van der Waals surface area contributed by atoms with E-state index in [1.54, 1.807) is 14.2 Å². The Balaban J connectivity index is 2.78. The predicted molar refractivity (Wildman–Crippen MR) is 72.8 cm³/mol. The van der Waals surface area contributed by atoms with Gasteiger partial charge >= 0.3 is 0 Å². The van der Waals surface area contributed by atoms with Crippen molar-refractivity contribution in [2.24, 2.45) is 5.92 Å². The smallest absolute Gasteiger partial charge is 0.160 e. The van der Waals surface area contributed by atoms with Gasteiger partial charge in [-0.2, -0.15) is 12.6 Å². The zero-order chi connectivity index (χ0) is 12.0. The average Bonchev–Trinajstić information content (AvgIpc) is 2.34. The lowest BCUT2D eigenvalue weighted by Gasteiger charge is -2.13. The molecular weight excluding hydrogens is 236 g/mol. The number of rotatable bonds is 6. The Morgan fingerprint density at radius 3 is 2.62 bits per heavy atom. The third-order valence-corrected chi connectivity index (χ3v) is 4.65. The van der Waals surface area contributed by atoms with E-state index < -0.39 is 0 Å². The van der Waals surface area contributed by atoms with Crippen molar-refractivity contribution in [2.75, 3.05) is 20.0 Å². The molecule has 0 bridgehead atoms. The maximum absolute atomic E-state index is 5.40. The molecule has 88 valence electrons. The molecule has 16 heavy (non-hydrogen) atoms. The summed E-state index contributed by atoms with van der Waals surface area (Å²) in [4.78, 5) is 0. The summed E-state index contributed by atoms with van der Waals surface area (Å²) < 4.78 is 10.7. The van der Waals surface area contributed by atoms with E-state index in [4.69, 9.17) is 9.47 Å². The molecule has 4 heteroatoms. The maximum Gasteiger partial charge on any atom is 0.160 e. The van der Waals surface area contributed by atoms with Crippen molar-refractivity contribution in [1.29, 1.82) is 0 Å². The fourth-order valence-corrected chi connectivity index (χ4v) is 3.06. The molecule has 1 rings (SSSR count). The Labute approximate surface area is 106 Å². The van der Waals surface area contributed by atoms with E-state index in [1.165, 1.54) is 5.19 Å². The van der Waals surface area contributed by atoms with E-state index in [0.29, 0.717) is 5.92 Å². The topological polar surface area (TPSA) is 18.5 Å². The van der Waals surface area contributed by atoms with Gasteiger partial charge in [0.05, 0.1) is 23.7 Å². The summed E-state index contributed by atoms with van der Waals surface area (Å²) in [5.74, 6) is 3.25. The van der Waals surface area contributed by atoms with Gasteiger partial charge in [-0.05, 0) is 22.9 Å². The Hall–Kier alpha value is -0.613. The highest BCUT2D eigenvalue weighted by Gasteiger charge is 2.10. The van der Waals surface area contributed by atoms with Crippen LogP contribution in [0.3, 0.4) is 0 Å². The van der Waals surface area contributed by atoms with Gasteiger partial charge in [-0.1, -0.05) is 25.1 Å². The fraction of sp³-hybridized carbons (Fsp3) is 0.500. The van der Waals surface area contributed by atoms with Crippen LogP contribution in [0.1, 0.15) is 6.92 Å². The number of hydrogen-bond donors (Lipinski definition) is 1. The Bertz CT molecular complexity index is 331. The molecule has 0 aliphatic rings. The quantitative estimate of drug-likeness (QED) is 0.618. The molecule has 0 saturated heterocycles. The van der Waals surface area contributed by atoms with E-state index >= 15 is 0 Å². The van der Waals surface area contributed by atoms with Crippen molar-refractivity contribution in [1.82, 2.24) is 0 Å². The number of thiol groups is 1. The standard InChI is InChI=1S/C12H18O2SSi/c1-9(7-15)8-16-11-6-4-5-10(13-2)12(11)14-3/h4-6,9,15H,7-8H2,1-3H3. The summed E-state index contributed by atoms with van der Waals surface area (Å²) in [6.45, 7) is 2.21. The Morgan fingerprint density at radius 2 is 2.06 bits per heavy atom. The van der Waals surface area contributed by atoms with Gasteiger partial charge in [-0.3, -0.25) is 0 Å². The molecule has 0 spiro atoms. The molecule has 0 fully saturated rings. The lowest BCUT2D eigenvalue weighted by atomic mass is 10.3. The number of methoxy groups -OCH3 is 2. The van der Waals surface area contributed by atoms with Gasteiger partial charge < -0.3 is 9.47 Å². The number of para-hydroxylation sites is 1. The number of hydrogen-bond acceptors (Lipinski definition) is 3. The van der Waals surface area contributed by atoms with Gasteiger partial charge in [0.25, 0.3) is 0 Å². The van der Waals surface area contributed by atoms with E-state index in [1.807, 2.05) is 12.1 Å². The molecular formula is C12H18O2SSi. The zero-order valence-corrected chi connectivity index (χ0v) is 11.9. The van der Waals surface area contributed by atoms with E-state index in [0.717, 1.165) is 32.8 Å². The molecule has 0 heterocycles. The molecule has 0 N–H and O–H groups in total. The minimum absolute atomic E-state index is 0.637. The largest absolute Gasteiger partial charge is 0.493 e. The summed E-state index contributed by atoms with van der Waals surface area (Å²) in [6.07, 6.45) is 0.